The molecule has 21 heavy (non-hydrogen) atoms. The fourth-order valence-electron chi connectivity index (χ4n) is 2.14. The molecule has 0 aliphatic heterocycles. The topological polar surface area (TPSA) is 41.1 Å². The van der Waals surface area contributed by atoms with Gasteiger partial charge in [-0.25, -0.2) is 9.97 Å². The Bertz CT molecular complexity index is 554. The molecule has 0 spiro atoms. The number of hydrogen-bond donors (Lipinski definition) is 1. The molecular weight excluding hydrogens is 260 g/mol. The van der Waals surface area contributed by atoms with E-state index in [4.69, 9.17) is 0 Å². The average Bonchev–Trinajstić information content (AvgIpc) is 2.52. The van der Waals surface area contributed by atoms with E-state index in [-0.39, 0.29) is 0 Å². The zero-order valence-corrected chi connectivity index (χ0v) is 13.1. The van der Waals surface area contributed by atoms with Crippen LogP contribution in [0.1, 0.15) is 23.7 Å². The summed E-state index contributed by atoms with van der Waals surface area (Å²) in [7, 11) is 2.04. The van der Waals surface area contributed by atoms with Crippen molar-refractivity contribution in [3.63, 3.8) is 0 Å². The van der Waals surface area contributed by atoms with Crippen LogP contribution >= 0.6 is 0 Å². The van der Waals surface area contributed by atoms with Crippen molar-refractivity contribution in [3.8, 4) is 0 Å². The van der Waals surface area contributed by atoms with Gasteiger partial charge in [-0.2, -0.15) is 0 Å². The summed E-state index contributed by atoms with van der Waals surface area (Å²) < 4.78 is 0. The fourth-order valence-corrected chi connectivity index (χ4v) is 2.14. The number of anilines is 1. The Morgan fingerprint density at radius 2 is 1.95 bits per heavy atom. The van der Waals surface area contributed by atoms with Crippen molar-refractivity contribution >= 4 is 5.95 Å². The highest BCUT2D eigenvalue weighted by Gasteiger charge is 2.07. The summed E-state index contributed by atoms with van der Waals surface area (Å²) in [6.07, 6.45) is 2.93. The Balaban J connectivity index is 1.96. The van der Waals surface area contributed by atoms with Crippen LogP contribution in [0.5, 0.6) is 0 Å². The molecule has 2 rings (SSSR count). The highest BCUT2D eigenvalue weighted by atomic mass is 15.2. The van der Waals surface area contributed by atoms with Gasteiger partial charge in [-0.3, -0.25) is 0 Å². The van der Waals surface area contributed by atoms with Gasteiger partial charge in [0.25, 0.3) is 0 Å². The van der Waals surface area contributed by atoms with Crippen molar-refractivity contribution in [2.24, 2.45) is 0 Å². The number of nitrogens with zero attached hydrogens (tertiary/aromatic N) is 3. The van der Waals surface area contributed by atoms with Gasteiger partial charge in [-0.05, 0) is 25.5 Å². The van der Waals surface area contributed by atoms with E-state index in [0.717, 1.165) is 43.3 Å². The average molecular weight is 284 g/mol. The smallest absolute Gasteiger partial charge is 0.225 e. The normalized spacial score (nSPS) is 10.6. The largest absolute Gasteiger partial charge is 0.344 e. The molecule has 1 aromatic heterocycles. The lowest BCUT2D eigenvalue weighted by molar-refractivity contribution is 0.713. The first-order valence-electron chi connectivity index (χ1n) is 7.49. The van der Waals surface area contributed by atoms with E-state index in [1.54, 1.807) is 0 Å². The SMILES string of the molecule is CCNCc1cnc(N(C)CCc2ccccc2)nc1C. The second kappa shape index (κ2) is 7.74. The number of rotatable bonds is 7. The molecule has 1 aromatic carbocycles. The molecule has 0 fully saturated rings. The minimum absolute atomic E-state index is 0.795. The van der Waals surface area contributed by atoms with E-state index >= 15 is 0 Å². The van der Waals surface area contributed by atoms with E-state index < -0.39 is 0 Å². The van der Waals surface area contributed by atoms with Crippen molar-refractivity contribution in [1.82, 2.24) is 15.3 Å². The molecule has 4 nitrogen and oxygen atoms in total. The molecule has 0 saturated heterocycles. The lowest BCUT2D eigenvalue weighted by atomic mass is 10.1. The van der Waals surface area contributed by atoms with Crippen molar-refractivity contribution < 1.29 is 0 Å². The third-order valence-corrected chi connectivity index (χ3v) is 3.55. The van der Waals surface area contributed by atoms with Crippen LogP contribution in [-0.2, 0) is 13.0 Å². The maximum absolute atomic E-state index is 4.61. The number of aromatic nitrogens is 2. The lowest BCUT2D eigenvalue weighted by Crippen LogP contribution is -2.23. The van der Waals surface area contributed by atoms with Gasteiger partial charge >= 0.3 is 0 Å². The van der Waals surface area contributed by atoms with Crippen LogP contribution < -0.4 is 10.2 Å². The second-order valence-corrected chi connectivity index (χ2v) is 5.22. The Hall–Kier alpha value is -1.94. The third kappa shape index (κ3) is 4.53. The minimum atomic E-state index is 0.795. The zero-order valence-electron chi connectivity index (χ0n) is 13.1. The van der Waals surface area contributed by atoms with Crippen LogP contribution in [0.15, 0.2) is 36.5 Å². The van der Waals surface area contributed by atoms with E-state index in [1.165, 1.54) is 5.56 Å². The summed E-state index contributed by atoms with van der Waals surface area (Å²) in [6.45, 7) is 6.84. The molecular formula is C17H24N4. The highest BCUT2D eigenvalue weighted by molar-refractivity contribution is 5.32. The second-order valence-electron chi connectivity index (χ2n) is 5.22. The van der Waals surface area contributed by atoms with Crippen LogP contribution in [0, 0.1) is 6.92 Å². The van der Waals surface area contributed by atoms with Crippen LogP contribution in [0.25, 0.3) is 0 Å². The zero-order chi connectivity index (χ0) is 15.1. The quantitative estimate of drug-likeness (QED) is 0.848. The molecule has 0 aliphatic rings. The molecule has 1 heterocycles. The molecule has 4 heteroatoms. The molecule has 0 saturated carbocycles. The Labute approximate surface area is 127 Å². The highest BCUT2D eigenvalue weighted by Crippen LogP contribution is 2.11. The van der Waals surface area contributed by atoms with Crippen LogP contribution in [0.3, 0.4) is 0 Å². The first-order chi connectivity index (χ1) is 10.2. The standard InChI is InChI=1S/C17H24N4/c1-4-18-12-16-13-19-17(20-14(16)2)21(3)11-10-15-8-6-5-7-9-15/h5-9,13,18H,4,10-12H2,1-3H3. The van der Waals surface area contributed by atoms with E-state index in [0.29, 0.717) is 0 Å². The monoisotopic (exact) mass is 284 g/mol. The van der Waals surface area contributed by atoms with Gasteiger partial charge < -0.3 is 10.2 Å². The van der Waals surface area contributed by atoms with Gasteiger partial charge in [0.05, 0.1) is 0 Å². The summed E-state index contributed by atoms with van der Waals surface area (Å²) >= 11 is 0. The third-order valence-electron chi connectivity index (χ3n) is 3.55. The molecule has 0 radical (unpaired) electrons. The Morgan fingerprint density at radius 1 is 1.19 bits per heavy atom. The van der Waals surface area contributed by atoms with Gasteiger partial charge in [0.1, 0.15) is 0 Å². The van der Waals surface area contributed by atoms with Crippen molar-refractivity contribution in [3.05, 3.63) is 53.3 Å². The molecule has 2 aromatic rings. The molecule has 1 N–H and O–H groups in total. The molecule has 0 bridgehead atoms. The molecule has 0 atom stereocenters. The number of nitrogens with one attached hydrogen (secondary N) is 1. The maximum Gasteiger partial charge on any atom is 0.225 e. The van der Waals surface area contributed by atoms with Crippen LogP contribution in [0.2, 0.25) is 0 Å². The number of aryl methyl sites for hydroxylation is 1. The summed E-state index contributed by atoms with van der Waals surface area (Å²) in [6, 6.07) is 10.5. The van der Waals surface area contributed by atoms with Gasteiger partial charge in [-0.15, -0.1) is 0 Å². The lowest BCUT2D eigenvalue weighted by Gasteiger charge is -2.18. The predicted octanol–water partition coefficient (Wildman–Crippen LogP) is 2.57. The number of likely N-dealkylation sites (N-methyl/N-ethyl adjacent to an activating group) is 1. The van der Waals surface area contributed by atoms with Gasteiger partial charge in [0.2, 0.25) is 5.95 Å². The van der Waals surface area contributed by atoms with Gasteiger partial charge in [0, 0.05) is 37.6 Å². The van der Waals surface area contributed by atoms with Crippen molar-refractivity contribution in [2.75, 3.05) is 25.0 Å². The summed E-state index contributed by atoms with van der Waals surface area (Å²) in [5.74, 6) is 0.795. The minimum Gasteiger partial charge on any atom is -0.344 e. The maximum atomic E-state index is 4.61. The summed E-state index contributed by atoms with van der Waals surface area (Å²) in [4.78, 5) is 11.2. The van der Waals surface area contributed by atoms with Crippen molar-refractivity contribution in [1.29, 1.82) is 0 Å². The molecule has 0 amide bonds. The van der Waals surface area contributed by atoms with E-state index in [9.17, 15) is 0 Å². The van der Waals surface area contributed by atoms with E-state index in [1.807, 2.05) is 26.2 Å². The number of hydrogen-bond acceptors (Lipinski definition) is 4. The first-order valence-corrected chi connectivity index (χ1v) is 7.49. The van der Waals surface area contributed by atoms with E-state index in [2.05, 4.69) is 51.4 Å². The fraction of sp³-hybridized carbons (Fsp3) is 0.412. The van der Waals surface area contributed by atoms with Gasteiger partial charge in [-0.1, -0.05) is 37.3 Å². The predicted molar refractivity (Wildman–Crippen MR) is 87.6 cm³/mol. The molecule has 0 aliphatic carbocycles. The van der Waals surface area contributed by atoms with Crippen LogP contribution in [0.4, 0.5) is 5.95 Å². The Morgan fingerprint density at radius 3 is 2.62 bits per heavy atom. The Kier molecular flexibility index (Phi) is 5.69. The first kappa shape index (κ1) is 15.4. The van der Waals surface area contributed by atoms with Crippen molar-refractivity contribution in [2.45, 2.75) is 26.8 Å². The summed E-state index contributed by atoms with van der Waals surface area (Å²) in [5, 5.41) is 3.31. The molecule has 0 unspecified atom stereocenters. The number of benzene rings is 1. The van der Waals surface area contributed by atoms with Crippen LogP contribution in [-0.4, -0.2) is 30.1 Å². The van der Waals surface area contributed by atoms with Gasteiger partial charge in [0.15, 0.2) is 0 Å². The summed E-state index contributed by atoms with van der Waals surface area (Å²) in [5.41, 5.74) is 3.55. The molecule has 112 valence electrons.